The molecular weight excluding hydrogens is 232 g/mol. The van der Waals surface area contributed by atoms with Crippen molar-refractivity contribution in [3.05, 3.63) is 12.2 Å². The van der Waals surface area contributed by atoms with Gasteiger partial charge in [0.05, 0.1) is 13.2 Å². The first-order valence-electron chi connectivity index (χ1n) is 6.74. The van der Waals surface area contributed by atoms with Crippen molar-refractivity contribution in [2.24, 2.45) is 5.92 Å². The normalized spacial score (nSPS) is 16.7. The second-order valence-corrected chi connectivity index (χ2v) is 4.63. The molecule has 1 fully saturated rings. The van der Waals surface area contributed by atoms with Gasteiger partial charge in [-0.1, -0.05) is 26.2 Å². The third kappa shape index (κ3) is 6.42. The molecule has 0 radical (unpaired) electrons. The van der Waals surface area contributed by atoms with Gasteiger partial charge in [0.2, 0.25) is 0 Å². The van der Waals surface area contributed by atoms with Gasteiger partial charge >= 0.3 is 11.9 Å². The summed E-state index contributed by atoms with van der Waals surface area (Å²) in [6.07, 6.45) is 9.03. The lowest BCUT2D eigenvalue weighted by Gasteiger charge is -2.20. The molecule has 0 aliphatic heterocycles. The second-order valence-electron chi connectivity index (χ2n) is 4.63. The molecule has 18 heavy (non-hydrogen) atoms. The third-order valence-corrected chi connectivity index (χ3v) is 2.99. The Balaban J connectivity index is 2.15. The molecule has 0 amide bonds. The summed E-state index contributed by atoms with van der Waals surface area (Å²) >= 11 is 0. The van der Waals surface area contributed by atoms with Crippen LogP contribution in [0.1, 0.15) is 45.4 Å². The zero-order chi connectivity index (χ0) is 13.2. The van der Waals surface area contributed by atoms with Crippen LogP contribution in [0.25, 0.3) is 0 Å². The van der Waals surface area contributed by atoms with Crippen molar-refractivity contribution in [1.82, 2.24) is 0 Å². The van der Waals surface area contributed by atoms with Crippen LogP contribution < -0.4 is 0 Å². The van der Waals surface area contributed by atoms with Gasteiger partial charge in [-0.2, -0.15) is 0 Å². The summed E-state index contributed by atoms with van der Waals surface area (Å²) in [5, 5.41) is 0. The highest BCUT2D eigenvalue weighted by molar-refractivity contribution is 5.91. The summed E-state index contributed by atoms with van der Waals surface area (Å²) in [6.45, 7) is 2.75. The van der Waals surface area contributed by atoms with Crippen molar-refractivity contribution in [2.75, 3.05) is 13.2 Å². The highest BCUT2D eigenvalue weighted by Gasteiger charge is 2.14. The molecule has 0 aromatic heterocycles. The number of rotatable bonds is 6. The monoisotopic (exact) mass is 254 g/mol. The van der Waals surface area contributed by atoms with Crippen LogP contribution in [-0.4, -0.2) is 25.2 Å². The molecule has 0 aromatic carbocycles. The molecule has 0 N–H and O–H groups in total. The predicted molar refractivity (Wildman–Crippen MR) is 67.9 cm³/mol. The third-order valence-electron chi connectivity index (χ3n) is 2.99. The Labute approximate surface area is 108 Å². The van der Waals surface area contributed by atoms with E-state index in [9.17, 15) is 9.59 Å². The minimum Gasteiger partial charge on any atom is -0.463 e. The van der Waals surface area contributed by atoms with E-state index in [0.717, 1.165) is 31.4 Å². The Bertz CT molecular complexity index is 290. The number of esters is 2. The van der Waals surface area contributed by atoms with Gasteiger partial charge in [-0.25, -0.2) is 9.59 Å². The molecule has 1 rings (SSSR count). The van der Waals surface area contributed by atoms with Crippen molar-refractivity contribution in [2.45, 2.75) is 45.4 Å². The Hall–Kier alpha value is -1.32. The van der Waals surface area contributed by atoms with E-state index in [2.05, 4.69) is 0 Å². The van der Waals surface area contributed by atoms with Crippen molar-refractivity contribution in [3.63, 3.8) is 0 Å². The van der Waals surface area contributed by atoms with E-state index >= 15 is 0 Å². The number of carbonyl (C=O) groups excluding carboxylic acids is 2. The summed E-state index contributed by atoms with van der Waals surface area (Å²) in [6, 6.07) is 0. The molecule has 4 heteroatoms. The Kier molecular flexibility index (Phi) is 7.14. The average molecular weight is 254 g/mol. The Morgan fingerprint density at radius 1 is 1.06 bits per heavy atom. The molecule has 1 saturated carbocycles. The van der Waals surface area contributed by atoms with E-state index in [1.807, 2.05) is 6.92 Å². The first kappa shape index (κ1) is 14.7. The lowest BCUT2D eigenvalue weighted by atomic mass is 9.90. The zero-order valence-electron chi connectivity index (χ0n) is 11.0. The van der Waals surface area contributed by atoms with Crippen LogP contribution in [0.2, 0.25) is 0 Å². The van der Waals surface area contributed by atoms with Gasteiger partial charge in [-0.15, -0.1) is 0 Å². The maximum atomic E-state index is 11.3. The maximum Gasteiger partial charge on any atom is 0.331 e. The molecule has 4 nitrogen and oxygen atoms in total. The second kappa shape index (κ2) is 8.72. The lowest BCUT2D eigenvalue weighted by molar-refractivity contribution is -0.141. The molecule has 102 valence electrons. The molecule has 0 spiro atoms. The fraction of sp³-hybridized carbons (Fsp3) is 0.714. The summed E-state index contributed by atoms with van der Waals surface area (Å²) in [4.78, 5) is 22.4. The van der Waals surface area contributed by atoms with Crippen LogP contribution in [0.5, 0.6) is 0 Å². The summed E-state index contributed by atoms with van der Waals surface area (Å²) in [5.41, 5.74) is 0. The van der Waals surface area contributed by atoms with Gasteiger partial charge in [0.15, 0.2) is 0 Å². The minimum absolute atomic E-state index is 0.375. The summed E-state index contributed by atoms with van der Waals surface area (Å²) in [5.74, 6) is -0.469. The van der Waals surface area contributed by atoms with Crippen LogP contribution in [0, 0.1) is 5.92 Å². The van der Waals surface area contributed by atoms with E-state index in [0.29, 0.717) is 19.1 Å². The predicted octanol–water partition coefficient (Wildman–Crippen LogP) is 2.62. The Morgan fingerprint density at radius 2 is 1.67 bits per heavy atom. The molecule has 0 bridgehead atoms. The molecule has 0 saturated heterocycles. The van der Waals surface area contributed by atoms with Crippen molar-refractivity contribution < 1.29 is 19.1 Å². The van der Waals surface area contributed by atoms with E-state index in [1.54, 1.807) is 0 Å². The van der Waals surface area contributed by atoms with Crippen LogP contribution >= 0.6 is 0 Å². The number of hydrogen-bond acceptors (Lipinski definition) is 4. The first-order chi connectivity index (χ1) is 8.72. The molecular formula is C14H22O4. The fourth-order valence-corrected chi connectivity index (χ4v) is 1.99. The lowest BCUT2D eigenvalue weighted by Crippen LogP contribution is -2.15. The molecule has 0 aromatic rings. The summed E-state index contributed by atoms with van der Waals surface area (Å²) in [7, 11) is 0. The highest BCUT2D eigenvalue weighted by Crippen LogP contribution is 2.23. The van der Waals surface area contributed by atoms with Gasteiger partial charge in [0.1, 0.15) is 0 Å². The SMILES string of the molecule is CCCOC(=O)/C=C/C(=O)OCC1CCCCC1. The molecule has 1 aliphatic rings. The van der Waals surface area contributed by atoms with Gasteiger partial charge < -0.3 is 9.47 Å². The molecule has 0 atom stereocenters. The quantitative estimate of drug-likeness (QED) is 0.540. The van der Waals surface area contributed by atoms with Gasteiger partial charge in [-0.05, 0) is 25.2 Å². The van der Waals surface area contributed by atoms with Crippen LogP contribution in [-0.2, 0) is 19.1 Å². The van der Waals surface area contributed by atoms with Crippen LogP contribution in [0.15, 0.2) is 12.2 Å². The Morgan fingerprint density at radius 3 is 2.28 bits per heavy atom. The topological polar surface area (TPSA) is 52.6 Å². The van der Waals surface area contributed by atoms with E-state index in [-0.39, 0.29) is 0 Å². The van der Waals surface area contributed by atoms with E-state index in [4.69, 9.17) is 9.47 Å². The van der Waals surface area contributed by atoms with E-state index < -0.39 is 11.9 Å². The molecule has 0 unspecified atom stereocenters. The van der Waals surface area contributed by atoms with Crippen molar-refractivity contribution in [1.29, 1.82) is 0 Å². The highest BCUT2D eigenvalue weighted by atomic mass is 16.5. The summed E-state index contributed by atoms with van der Waals surface area (Å²) < 4.78 is 9.91. The van der Waals surface area contributed by atoms with Crippen LogP contribution in [0.4, 0.5) is 0 Å². The fourth-order valence-electron chi connectivity index (χ4n) is 1.99. The average Bonchev–Trinajstić information content (AvgIpc) is 2.41. The van der Waals surface area contributed by atoms with Crippen molar-refractivity contribution >= 4 is 11.9 Å². The molecule has 1 aliphatic carbocycles. The zero-order valence-corrected chi connectivity index (χ0v) is 11.0. The van der Waals surface area contributed by atoms with E-state index in [1.165, 1.54) is 19.3 Å². The van der Waals surface area contributed by atoms with Crippen LogP contribution in [0.3, 0.4) is 0 Å². The molecule has 0 heterocycles. The van der Waals surface area contributed by atoms with Gasteiger partial charge in [0.25, 0.3) is 0 Å². The van der Waals surface area contributed by atoms with Gasteiger partial charge in [-0.3, -0.25) is 0 Å². The largest absolute Gasteiger partial charge is 0.463 e. The smallest absolute Gasteiger partial charge is 0.331 e. The number of ether oxygens (including phenoxy) is 2. The van der Waals surface area contributed by atoms with Crippen molar-refractivity contribution in [3.8, 4) is 0 Å². The standard InChI is InChI=1S/C14H22O4/c1-2-10-17-13(15)8-9-14(16)18-11-12-6-4-3-5-7-12/h8-9,12H,2-7,10-11H2,1H3/b9-8+. The maximum absolute atomic E-state index is 11.3. The minimum atomic E-state index is -0.494. The number of carbonyl (C=O) groups is 2. The first-order valence-corrected chi connectivity index (χ1v) is 6.74. The van der Waals surface area contributed by atoms with Gasteiger partial charge in [0, 0.05) is 12.2 Å². The number of hydrogen-bond donors (Lipinski definition) is 0.